The lowest BCUT2D eigenvalue weighted by Gasteiger charge is -2.26. The van der Waals surface area contributed by atoms with E-state index in [0.717, 1.165) is 5.69 Å². The highest BCUT2D eigenvalue weighted by Crippen LogP contribution is 2.19. The van der Waals surface area contributed by atoms with Crippen LogP contribution in [-0.2, 0) is 9.59 Å². The molecule has 0 aliphatic carbocycles. The number of hydrogen-bond acceptors (Lipinski definition) is 4. The number of likely N-dealkylation sites (tertiary alicyclic amines) is 1. The average Bonchev–Trinajstić information content (AvgIpc) is 2.82. The van der Waals surface area contributed by atoms with E-state index in [1.54, 1.807) is 9.80 Å². The van der Waals surface area contributed by atoms with Crippen molar-refractivity contribution < 1.29 is 14.7 Å². The van der Waals surface area contributed by atoms with Gasteiger partial charge < -0.3 is 15.7 Å². The maximum absolute atomic E-state index is 12.5. The summed E-state index contributed by atoms with van der Waals surface area (Å²) in [5.74, 6) is -0.605. The number of β-amino-alcohol motifs (C(OH)–C–C–N with tert-alkyl or cyclic N) is 1. The highest BCUT2D eigenvalue weighted by Gasteiger charge is 2.36. The van der Waals surface area contributed by atoms with Crippen molar-refractivity contribution in [1.82, 2.24) is 4.90 Å². The van der Waals surface area contributed by atoms with Crippen LogP contribution in [0.5, 0.6) is 0 Å². The zero-order valence-electron chi connectivity index (χ0n) is 12.1. The number of carbonyl (C=O) groups excluding carboxylic acids is 2. The van der Waals surface area contributed by atoms with Crippen LogP contribution in [0.3, 0.4) is 0 Å². The number of nitrogens with two attached hydrogens (primary N) is 1. The summed E-state index contributed by atoms with van der Waals surface area (Å²) in [6.07, 6.45) is -0.317. The fourth-order valence-electron chi connectivity index (χ4n) is 2.72. The van der Waals surface area contributed by atoms with Crippen LogP contribution in [0.15, 0.2) is 30.3 Å². The first-order valence-electron chi connectivity index (χ1n) is 7.09. The van der Waals surface area contributed by atoms with Crippen LogP contribution in [0.4, 0.5) is 5.69 Å². The van der Waals surface area contributed by atoms with Crippen molar-refractivity contribution in [3.8, 4) is 0 Å². The minimum atomic E-state index is -0.609. The van der Waals surface area contributed by atoms with E-state index in [1.165, 1.54) is 0 Å². The second kappa shape index (κ2) is 6.69. The molecule has 1 aliphatic rings. The van der Waals surface area contributed by atoms with Crippen LogP contribution in [0, 0.1) is 0 Å². The molecule has 0 bridgehead atoms. The summed E-state index contributed by atoms with van der Waals surface area (Å²) in [6, 6.07) is 8.80. The Morgan fingerprint density at radius 1 is 1.38 bits per heavy atom. The van der Waals surface area contributed by atoms with Gasteiger partial charge in [-0.05, 0) is 25.5 Å². The van der Waals surface area contributed by atoms with Crippen molar-refractivity contribution >= 4 is 17.5 Å². The number of aliphatic hydroxyl groups is 1. The Bertz CT molecular complexity index is 506. The molecule has 114 valence electrons. The molecular formula is C15H21N3O3. The standard InChI is InChI=1S/C15H21N3O3/c1-2-18(11-6-4-3-5-7-11)14(20)10-17-9-12(19)8-13(17)15(16)21/h3-7,12-13,19H,2,8-10H2,1H3,(H2,16,21)/t12-,13-/m0/s1. The summed E-state index contributed by atoms with van der Waals surface area (Å²) in [7, 11) is 0. The van der Waals surface area contributed by atoms with Gasteiger partial charge >= 0.3 is 0 Å². The number of primary amides is 1. The molecule has 0 unspecified atom stereocenters. The van der Waals surface area contributed by atoms with Crippen molar-refractivity contribution in [2.24, 2.45) is 5.73 Å². The maximum Gasteiger partial charge on any atom is 0.241 e. The Hall–Kier alpha value is -1.92. The Kier molecular flexibility index (Phi) is 4.93. The smallest absolute Gasteiger partial charge is 0.241 e. The Balaban J connectivity index is 2.07. The molecule has 1 saturated heterocycles. The largest absolute Gasteiger partial charge is 0.392 e. The third kappa shape index (κ3) is 3.59. The molecule has 1 aliphatic heterocycles. The summed E-state index contributed by atoms with van der Waals surface area (Å²) in [4.78, 5) is 27.2. The van der Waals surface area contributed by atoms with Gasteiger partial charge in [-0.1, -0.05) is 18.2 Å². The fourth-order valence-corrected chi connectivity index (χ4v) is 2.72. The molecule has 2 rings (SSSR count). The van der Waals surface area contributed by atoms with Crippen molar-refractivity contribution in [3.05, 3.63) is 30.3 Å². The highest BCUT2D eigenvalue weighted by atomic mass is 16.3. The van der Waals surface area contributed by atoms with Crippen molar-refractivity contribution in [1.29, 1.82) is 0 Å². The van der Waals surface area contributed by atoms with Gasteiger partial charge in [0.1, 0.15) is 0 Å². The molecule has 1 fully saturated rings. The quantitative estimate of drug-likeness (QED) is 0.797. The molecular weight excluding hydrogens is 270 g/mol. The predicted octanol–water partition coefficient (Wildman–Crippen LogP) is -0.0400. The van der Waals surface area contributed by atoms with Crippen LogP contribution >= 0.6 is 0 Å². The minimum Gasteiger partial charge on any atom is -0.392 e. The van der Waals surface area contributed by atoms with Crippen molar-refractivity contribution in [2.75, 3.05) is 24.5 Å². The first-order valence-corrected chi connectivity index (χ1v) is 7.09. The zero-order chi connectivity index (χ0) is 15.4. The molecule has 6 nitrogen and oxygen atoms in total. The number of para-hydroxylation sites is 1. The van der Waals surface area contributed by atoms with E-state index in [2.05, 4.69) is 0 Å². The number of likely N-dealkylation sites (N-methyl/N-ethyl adjacent to an activating group) is 1. The topological polar surface area (TPSA) is 86.9 Å². The van der Waals surface area contributed by atoms with Gasteiger partial charge in [0.25, 0.3) is 0 Å². The summed E-state index contributed by atoms with van der Waals surface area (Å²) in [5, 5.41) is 9.67. The first-order chi connectivity index (χ1) is 10.0. The maximum atomic E-state index is 12.5. The molecule has 0 spiro atoms. The molecule has 0 aromatic heterocycles. The van der Waals surface area contributed by atoms with Gasteiger partial charge in [-0.15, -0.1) is 0 Å². The first kappa shape index (κ1) is 15.5. The third-order valence-corrected chi connectivity index (χ3v) is 3.73. The molecule has 1 heterocycles. The summed E-state index contributed by atoms with van der Waals surface area (Å²) < 4.78 is 0. The number of anilines is 1. The van der Waals surface area contributed by atoms with Crippen LogP contribution in [-0.4, -0.2) is 53.6 Å². The molecule has 3 N–H and O–H groups in total. The molecule has 2 amide bonds. The van der Waals surface area contributed by atoms with Crippen LogP contribution in [0.2, 0.25) is 0 Å². The minimum absolute atomic E-state index is 0.0768. The van der Waals surface area contributed by atoms with E-state index in [0.29, 0.717) is 19.5 Å². The SMILES string of the molecule is CCN(C(=O)CN1C[C@@H](O)C[C@H]1C(N)=O)c1ccccc1. The molecule has 6 heteroatoms. The van der Waals surface area contributed by atoms with E-state index in [9.17, 15) is 14.7 Å². The molecule has 0 saturated carbocycles. The van der Waals surface area contributed by atoms with Gasteiger partial charge in [0.15, 0.2) is 0 Å². The number of carbonyl (C=O) groups is 2. The lowest BCUT2D eigenvalue weighted by Crippen LogP contribution is -2.46. The van der Waals surface area contributed by atoms with Gasteiger partial charge in [-0.3, -0.25) is 14.5 Å². The molecule has 1 aromatic carbocycles. The summed E-state index contributed by atoms with van der Waals surface area (Å²) in [6.45, 7) is 2.81. The molecule has 1 aromatic rings. The normalized spacial score (nSPS) is 22.2. The van der Waals surface area contributed by atoms with E-state index < -0.39 is 18.1 Å². The number of hydrogen-bond donors (Lipinski definition) is 2. The van der Waals surface area contributed by atoms with Crippen LogP contribution in [0.25, 0.3) is 0 Å². The lowest BCUT2D eigenvalue weighted by molar-refractivity contribution is -0.124. The number of aliphatic hydroxyl groups excluding tert-OH is 1. The van der Waals surface area contributed by atoms with E-state index >= 15 is 0 Å². The Labute approximate surface area is 124 Å². The van der Waals surface area contributed by atoms with Gasteiger partial charge in [0.2, 0.25) is 11.8 Å². The molecule has 21 heavy (non-hydrogen) atoms. The second-order valence-corrected chi connectivity index (χ2v) is 5.21. The number of nitrogens with zero attached hydrogens (tertiary/aromatic N) is 2. The van der Waals surface area contributed by atoms with Gasteiger partial charge in [0.05, 0.1) is 18.7 Å². The highest BCUT2D eigenvalue weighted by molar-refractivity contribution is 5.95. The van der Waals surface area contributed by atoms with E-state index in [4.69, 9.17) is 5.73 Å². The van der Waals surface area contributed by atoms with Gasteiger partial charge in [0, 0.05) is 18.8 Å². The number of benzene rings is 1. The van der Waals surface area contributed by atoms with Gasteiger partial charge in [-0.2, -0.15) is 0 Å². The van der Waals surface area contributed by atoms with E-state index in [-0.39, 0.29) is 12.5 Å². The Morgan fingerprint density at radius 3 is 2.62 bits per heavy atom. The number of rotatable bonds is 5. The van der Waals surface area contributed by atoms with Crippen molar-refractivity contribution in [3.63, 3.8) is 0 Å². The monoisotopic (exact) mass is 291 g/mol. The summed E-state index contributed by atoms with van der Waals surface area (Å²) >= 11 is 0. The van der Waals surface area contributed by atoms with Crippen LogP contribution in [0.1, 0.15) is 13.3 Å². The molecule has 2 atom stereocenters. The van der Waals surface area contributed by atoms with Crippen molar-refractivity contribution in [2.45, 2.75) is 25.5 Å². The fraction of sp³-hybridized carbons (Fsp3) is 0.467. The summed E-state index contributed by atoms with van der Waals surface area (Å²) in [5.41, 5.74) is 6.15. The number of amides is 2. The third-order valence-electron chi connectivity index (χ3n) is 3.73. The molecule has 0 radical (unpaired) electrons. The van der Waals surface area contributed by atoms with E-state index in [1.807, 2.05) is 37.3 Å². The average molecular weight is 291 g/mol. The lowest BCUT2D eigenvalue weighted by atomic mass is 10.2. The van der Waals surface area contributed by atoms with Crippen LogP contribution < -0.4 is 10.6 Å². The predicted molar refractivity (Wildman–Crippen MR) is 79.6 cm³/mol. The van der Waals surface area contributed by atoms with Gasteiger partial charge in [-0.25, -0.2) is 0 Å². The zero-order valence-corrected chi connectivity index (χ0v) is 12.1. The Morgan fingerprint density at radius 2 is 2.05 bits per heavy atom. The second-order valence-electron chi connectivity index (χ2n) is 5.21.